The van der Waals surface area contributed by atoms with E-state index in [4.69, 9.17) is 0 Å². The highest BCUT2D eigenvalue weighted by atomic mass is 32.1. The quantitative estimate of drug-likeness (QED) is 0.754. The van der Waals surface area contributed by atoms with Crippen molar-refractivity contribution in [1.29, 1.82) is 0 Å². The van der Waals surface area contributed by atoms with Crippen LogP contribution in [0.15, 0.2) is 36.5 Å². The number of carbonyl (C=O) groups excluding carboxylic acids is 1. The second-order valence-corrected chi connectivity index (χ2v) is 7.44. The first kappa shape index (κ1) is 16.7. The van der Waals surface area contributed by atoms with E-state index in [1.54, 1.807) is 17.5 Å². The number of aryl methyl sites for hydroxylation is 2. The molecule has 3 heterocycles. The Morgan fingerprint density at radius 1 is 1.12 bits per heavy atom. The number of thiazole rings is 1. The van der Waals surface area contributed by atoms with E-state index >= 15 is 0 Å². The second-order valence-electron chi connectivity index (χ2n) is 6.23. The highest BCUT2D eigenvalue weighted by Gasteiger charge is 2.21. The van der Waals surface area contributed by atoms with Crippen molar-refractivity contribution < 1.29 is 4.79 Å². The van der Waals surface area contributed by atoms with Gasteiger partial charge in [-0.05, 0) is 50.6 Å². The summed E-state index contributed by atoms with van der Waals surface area (Å²) in [5, 5.41) is 4.25. The SMILES string of the molecule is Cc1nc(C)c(-c2ccnc(Nc3ccc(N4CCCC4=O)cc3)n2)s1. The maximum Gasteiger partial charge on any atom is 0.227 e. The predicted octanol–water partition coefficient (Wildman–Crippen LogP) is 4.09. The number of benzene rings is 1. The molecule has 0 aliphatic carbocycles. The van der Waals surface area contributed by atoms with Crippen LogP contribution in [0.25, 0.3) is 10.6 Å². The lowest BCUT2D eigenvalue weighted by Gasteiger charge is -2.16. The Kier molecular flexibility index (Phi) is 4.38. The number of carbonyl (C=O) groups is 1. The molecule has 1 aliphatic heterocycles. The maximum atomic E-state index is 11.8. The minimum absolute atomic E-state index is 0.192. The molecule has 7 heteroatoms. The van der Waals surface area contributed by atoms with Gasteiger partial charge in [-0.25, -0.2) is 15.0 Å². The van der Waals surface area contributed by atoms with E-state index < -0.39 is 0 Å². The third-order valence-electron chi connectivity index (χ3n) is 4.30. The molecule has 1 fully saturated rings. The van der Waals surface area contributed by atoms with Gasteiger partial charge in [0.25, 0.3) is 0 Å². The van der Waals surface area contributed by atoms with E-state index in [1.807, 2.05) is 49.1 Å². The summed E-state index contributed by atoms with van der Waals surface area (Å²) in [6.45, 7) is 4.78. The third kappa shape index (κ3) is 3.30. The van der Waals surface area contributed by atoms with Crippen molar-refractivity contribution in [3.8, 4) is 10.6 Å². The van der Waals surface area contributed by atoms with Gasteiger partial charge in [0.1, 0.15) is 0 Å². The highest BCUT2D eigenvalue weighted by molar-refractivity contribution is 7.15. The summed E-state index contributed by atoms with van der Waals surface area (Å²) in [6.07, 6.45) is 3.31. The zero-order valence-corrected chi connectivity index (χ0v) is 15.5. The molecule has 132 valence electrons. The van der Waals surface area contributed by atoms with Crippen LogP contribution < -0.4 is 10.2 Å². The number of anilines is 3. The van der Waals surface area contributed by atoms with E-state index in [1.165, 1.54) is 0 Å². The largest absolute Gasteiger partial charge is 0.324 e. The number of aromatic nitrogens is 3. The molecule has 1 aliphatic rings. The number of nitrogens with one attached hydrogen (secondary N) is 1. The molecule has 1 N–H and O–H groups in total. The lowest BCUT2D eigenvalue weighted by Crippen LogP contribution is -2.23. The molecule has 1 amide bonds. The monoisotopic (exact) mass is 365 g/mol. The van der Waals surface area contributed by atoms with Crippen molar-refractivity contribution in [2.24, 2.45) is 0 Å². The molecular weight excluding hydrogens is 346 g/mol. The van der Waals surface area contributed by atoms with E-state index in [2.05, 4.69) is 20.3 Å². The van der Waals surface area contributed by atoms with Crippen molar-refractivity contribution in [2.75, 3.05) is 16.8 Å². The molecule has 4 rings (SSSR count). The van der Waals surface area contributed by atoms with Crippen LogP contribution in [-0.2, 0) is 4.79 Å². The van der Waals surface area contributed by atoms with Crippen LogP contribution in [0, 0.1) is 13.8 Å². The molecule has 1 aromatic carbocycles. The molecule has 0 saturated carbocycles. The van der Waals surface area contributed by atoms with E-state index in [0.29, 0.717) is 12.4 Å². The van der Waals surface area contributed by atoms with Gasteiger partial charge in [0.05, 0.1) is 21.3 Å². The van der Waals surface area contributed by atoms with Crippen molar-refractivity contribution in [3.63, 3.8) is 0 Å². The summed E-state index contributed by atoms with van der Waals surface area (Å²) < 4.78 is 0. The van der Waals surface area contributed by atoms with Gasteiger partial charge in [0.2, 0.25) is 11.9 Å². The van der Waals surface area contributed by atoms with Gasteiger partial charge in [0, 0.05) is 30.5 Å². The molecule has 6 nitrogen and oxygen atoms in total. The van der Waals surface area contributed by atoms with Crippen LogP contribution in [0.3, 0.4) is 0 Å². The summed E-state index contributed by atoms with van der Waals surface area (Å²) >= 11 is 1.63. The predicted molar refractivity (Wildman–Crippen MR) is 104 cm³/mol. The molecule has 0 bridgehead atoms. The molecule has 2 aromatic heterocycles. The smallest absolute Gasteiger partial charge is 0.227 e. The first-order valence-corrected chi connectivity index (χ1v) is 9.37. The summed E-state index contributed by atoms with van der Waals surface area (Å²) in [5.74, 6) is 0.731. The van der Waals surface area contributed by atoms with Crippen LogP contribution in [-0.4, -0.2) is 27.4 Å². The Morgan fingerprint density at radius 3 is 2.58 bits per heavy atom. The van der Waals surface area contributed by atoms with Gasteiger partial charge >= 0.3 is 0 Å². The molecule has 0 unspecified atom stereocenters. The van der Waals surface area contributed by atoms with Gasteiger partial charge in [-0.15, -0.1) is 11.3 Å². The maximum absolute atomic E-state index is 11.8. The highest BCUT2D eigenvalue weighted by Crippen LogP contribution is 2.29. The van der Waals surface area contributed by atoms with E-state index in [9.17, 15) is 4.79 Å². The fourth-order valence-electron chi connectivity index (χ4n) is 3.09. The zero-order valence-electron chi connectivity index (χ0n) is 14.7. The summed E-state index contributed by atoms with van der Waals surface area (Å²) in [6, 6.07) is 9.68. The van der Waals surface area contributed by atoms with Gasteiger partial charge < -0.3 is 10.2 Å². The van der Waals surface area contributed by atoms with Gasteiger partial charge in [-0.3, -0.25) is 4.79 Å². The Labute approximate surface area is 155 Å². The van der Waals surface area contributed by atoms with Gasteiger partial charge in [-0.1, -0.05) is 0 Å². The molecule has 0 radical (unpaired) electrons. The molecule has 0 atom stereocenters. The average Bonchev–Trinajstić information content (AvgIpc) is 3.21. The van der Waals surface area contributed by atoms with Crippen molar-refractivity contribution in [3.05, 3.63) is 47.2 Å². The Balaban J connectivity index is 1.53. The van der Waals surface area contributed by atoms with Crippen molar-refractivity contribution in [1.82, 2.24) is 15.0 Å². The second kappa shape index (κ2) is 6.84. The van der Waals surface area contributed by atoms with Crippen LogP contribution in [0.2, 0.25) is 0 Å². The molecule has 0 spiro atoms. The van der Waals surface area contributed by atoms with Crippen molar-refractivity contribution >= 4 is 34.6 Å². The first-order valence-electron chi connectivity index (χ1n) is 8.55. The standard InChI is InChI=1S/C19H19N5OS/c1-12-18(26-13(2)21-12)16-9-10-20-19(23-16)22-14-5-7-15(8-6-14)24-11-3-4-17(24)25/h5-10H,3-4,11H2,1-2H3,(H,20,22,23). The minimum Gasteiger partial charge on any atom is -0.324 e. The van der Waals surface area contributed by atoms with Crippen LogP contribution in [0.4, 0.5) is 17.3 Å². The van der Waals surface area contributed by atoms with Crippen LogP contribution in [0.1, 0.15) is 23.5 Å². The third-order valence-corrected chi connectivity index (χ3v) is 5.40. The number of nitrogens with zero attached hydrogens (tertiary/aromatic N) is 4. The molecule has 26 heavy (non-hydrogen) atoms. The average molecular weight is 365 g/mol. The topological polar surface area (TPSA) is 71.0 Å². The number of hydrogen-bond donors (Lipinski definition) is 1. The van der Waals surface area contributed by atoms with Gasteiger partial charge in [0.15, 0.2) is 0 Å². The Hall–Kier alpha value is -2.80. The van der Waals surface area contributed by atoms with Crippen LogP contribution >= 0.6 is 11.3 Å². The number of hydrogen-bond acceptors (Lipinski definition) is 6. The molecule has 3 aromatic rings. The van der Waals surface area contributed by atoms with E-state index in [-0.39, 0.29) is 5.91 Å². The van der Waals surface area contributed by atoms with E-state index in [0.717, 1.165) is 45.6 Å². The fraction of sp³-hybridized carbons (Fsp3) is 0.263. The zero-order chi connectivity index (χ0) is 18.1. The lowest BCUT2D eigenvalue weighted by atomic mass is 10.2. The lowest BCUT2D eigenvalue weighted by molar-refractivity contribution is -0.117. The molecular formula is C19H19N5OS. The summed E-state index contributed by atoms with van der Waals surface area (Å²) in [5.41, 5.74) is 3.67. The normalized spacial score (nSPS) is 14.1. The van der Waals surface area contributed by atoms with Crippen molar-refractivity contribution in [2.45, 2.75) is 26.7 Å². The Bertz CT molecular complexity index is 951. The van der Waals surface area contributed by atoms with Crippen LogP contribution in [0.5, 0.6) is 0 Å². The fourth-order valence-corrected chi connectivity index (χ4v) is 3.98. The number of amides is 1. The summed E-state index contributed by atoms with van der Waals surface area (Å²) in [7, 11) is 0. The number of rotatable bonds is 4. The van der Waals surface area contributed by atoms with Gasteiger partial charge in [-0.2, -0.15) is 0 Å². The molecule has 1 saturated heterocycles. The minimum atomic E-state index is 0.192. The first-order chi connectivity index (χ1) is 12.6. The summed E-state index contributed by atoms with van der Waals surface area (Å²) in [4.78, 5) is 28.1. The Morgan fingerprint density at radius 2 is 1.92 bits per heavy atom.